The van der Waals surface area contributed by atoms with E-state index in [1.165, 1.54) is 0 Å². The molecule has 2 nitrogen and oxygen atoms in total. The van der Waals surface area contributed by atoms with Crippen LogP contribution in [-0.2, 0) is 11.2 Å². The quantitative estimate of drug-likeness (QED) is 0.902. The predicted octanol–water partition coefficient (Wildman–Crippen LogP) is 3.11. The van der Waals surface area contributed by atoms with Crippen molar-refractivity contribution in [1.82, 2.24) is 0 Å². The van der Waals surface area contributed by atoms with Crippen LogP contribution in [0.5, 0.6) is 0 Å². The first-order valence-electron chi connectivity index (χ1n) is 5.52. The van der Waals surface area contributed by atoms with E-state index in [1.54, 1.807) is 0 Å². The van der Waals surface area contributed by atoms with Gasteiger partial charge in [-0.05, 0) is 30.5 Å². The molecule has 0 radical (unpaired) electrons. The van der Waals surface area contributed by atoms with E-state index in [2.05, 4.69) is 15.9 Å². The number of halogens is 1. The number of rotatable bonds is 5. The van der Waals surface area contributed by atoms with E-state index in [-0.39, 0.29) is 12.2 Å². The highest BCUT2D eigenvalue weighted by atomic mass is 79.9. The molecule has 0 amide bonds. The minimum Gasteiger partial charge on any atom is -0.382 e. The van der Waals surface area contributed by atoms with Crippen LogP contribution < -0.4 is 0 Å². The fourth-order valence-electron chi connectivity index (χ4n) is 1.64. The number of benzene rings is 1. The van der Waals surface area contributed by atoms with Gasteiger partial charge in [0.1, 0.15) is 5.60 Å². The third-order valence-electron chi connectivity index (χ3n) is 2.94. The highest BCUT2D eigenvalue weighted by Gasteiger charge is 2.31. The van der Waals surface area contributed by atoms with Crippen molar-refractivity contribution in [3.8, 4) is 0 Å². The summed E-state index contributed by atoms with van der Waals surface area (Å²) in [5.74, 6) is -0.101. The van der Waals surface area contributed by atoms with Crippen LogP contribution in [0.15, 0.2) is 28.7 Å². The molecule has 0 bridgehead atoms. The topological polar surface area (TPSA) is 37.3 Å². The SMILES string of the molecule is CCC(O)(CC)C(=O)Cc1cccc(Br)c1. The maximum Gasteiger partial charge on any atom is 0.168 e. The Morgan fingerprint density at radius 1 is 1.38 bits per heavy atom. The molecule has 0 heterocycles. The fourth-order valence-corrected chi connectivity index (χ4v) is 2.09. The van der Waals surface area contributed by atoms with Crippen molar-refractivity contribution < 1.29 is 9.90 Å². The zero-order valence-corrected chi connectivity index (χ0v) is 11.3. The molecule has 1 rings (SSSR count). The molecular weight excluding hydrogens is 268 g/mol. The average molecular weight is 285 g/mol. The zero-order valence-electron chi connectivity index (χ0n) is 9.66. The van der Waals surface area contributed by atoms with Gasteiger partial charge in [-0.25, -0.2) is 0 Å². The standard InChI is InChI=1S/C13H17BrO2/c1-3-13(16,4-2)12(15)9-10-6-5-7-11(14)8-10/h5-8,16H,3-4,9H2,1-2H3. The Labute approximate surface area is 105 Å². The molecule has 0 fully saturated rings. The van der Waals surface area contributed by atoms with E-state index >= 15 is 0 Å². The molecular formula is C13H17BrO2. The molecule has 0 saturated heterocycles. The lowest BCUT2D eigenvalue weighted by atomic mass is 9.88. The van der Waals surface area contributed by atoms with Crippen LogP contribution in [0.25, 0.3) is 0 Å². The van der Waals surface area contributed by atoms with Gasteiger partial charge in [0.25, 0.3) is 0 Å². The summed E-state index contributed by atoms with van der Waals surface area (Å²) in [5.41, 5.74) is -0.234. The highest BCUT2D eigenvalue weighted by Crippen LogP contribution is 2.20. The number of Topliss-reactive ketones (excluding diaryl/α,β-unsaturated/α-hetero) is 1. The highest BCUT2D eigenvalue weighted by molar-refractivity contribution is 9.10. The summed E-state index contributed by atoms with van der Waals surface area (Å²) < 4.78 is 0.953. The van der Waals surface area contributed by atoms with E-state index in [0.717, 1.165) is 10.0 Å². The summed E-state index contributed by atoms with van der Waals surface area (Å²) in [6.45, 7) is 3.67. The summed E-state index contributed by atoms with van der Waals surface area (Å²) in [6.07, 6.45) is 1.23. The van der Waals surface area contributed by atoms with Crippen LogP contribution >= 0.6 is 15.9 Å². The largest absolute Gasteiger partial charge is 0.382 e. The zero-order chi connectivity index (χ0) is 12.2. The third kappa shape index (κ3) is 3.16. The molecule has 1 N–H and O–H groups in total. The maximum absolute atomic E-state index is 11.9. The van der Waals surface area contributed by atoms with Crippen molar-refractivity contribution >= 4 is 21.7 Å². The van der Waals surface area contributed by atoms with Crippen molar-refractivity contribution in [3.63, 3.8) is 0 Å². The van der Waals surface area contributed by atoms with Gasteiger partial charge in [0, 0.05) is 10.9 Å². The number of aliphatic hydroxyl groups is 1. The van der Waals surface area contributed by atoms with Gasteiger partial charge in [0.05, 0.1) is 0 Å². The van der Waals surface area contributed by atoms with E-state index in [4.69, 9.17) is 0 Å². The van der Waals surface area contributed by atoms with Crippen LogP contribution in [0.3, 0.4) is 0 Å². The molecule has 0 aromatic heterocycles. The second-order valence-electron chi connectivity index (χ2n) is 3.97. The summed E-state index contributed by atoms with van der Waals surface area (Å²) in [6, 6.07) is 7.61. The number of hydrogen-bond donors (Lipinski definition) is 1. The van der Waals surface area contributed by atoms with Crippen LogP contribution in [0.2, 0.25) is 0 Å². The molecule has 0 aliphatic heterocycles. The molecule has 16 heavy (non-hydrogen) atoms. The minimum atomic E-state index is -1.16. The van der Waals surface area contributed by atoms with Gasteiger partial charge in [0.15, 0.2) is 5.78 Å². The van der Waals surface area contributed by atoms with Crippen LogP contribution in [0.4, 0.5) is 0 Å². The third-order valence-corrected chi connectivity index (χ3v) is 3.44. The first-order valence-corrected chi connectivity index (χ1v) is 6.31. The average Bonchev–Trinajstić information content (AvgIpc) is 2.28. The Morgan fingerprint density at radius 2 is 2.00 bits per heavy atom. The second kappa shape index (κ2) is 5.60. The lowest BCUT2D eigenvalue weighted by molar-refractivity contribution is -0.137. The summed E-state index contributed by atoms with van der Waals surface area (Å²) in [5, 5.41) is 10.1. The molecule has 1 aromatic rings. The summed E-state index contributed by atoms with van der Waals surface area (Å²) >= 11 is 3.36. The minimum absolute atomic E-state index is 0.101. The Balaban J connectivity index is 2.78. The maximum atomic E-state index is 11.9. The van der Waals surface area contributed by atoms with Gasteiger partial charge in [-0.15, -0.1) is 0 Å². The number of ketones is 1. The van der Waals surface area contributed by atoms with E-state index in [0.29, 0.717) is 12.8 Å². The molecule has 0 spiro atoms. The van der Waals surface area contributed by atoms with E-state index in [1.807, 2.05) is 38.1 Å². The van der Waals surface area contributed by atoms with Gasteiger partial charge >= 0.3 is 0 Å². The Morgan fingerprint density at radius 3 is 2.50 bits per heavy atom. The summed E-state index contributed by atoms with van der Waals surface area (Å²) in [7, 11) is 0. The lowest BCUT2D eigenvalue weighted by Gasteiger charge is -2.23. The molecule has 0 aliphatic carbocycles. The van der Waals surface area contributed by atoms with Gasteiger partial charge in [-0.2, -0.15) is 0 Å². The predicted molar refractivity (Wildman–Crippen MR) is 68.4 cm³/mol. The molecule has 88 valence electrons. The first kappa shape index (κ1) is 13.4. The number of carbonyl (C=O) groups is 1. The first-order chi connectivity index (χ1) is 7.51. The smallest absolute Gasteiger partial charge is 0.168 e. The van der Waals surface area contributed by atoms with Gasteiger partial charge in [-0.1, -0.05) is 41.9 Å². The molecule has 0 saturated carbocycles. The monoisotopic (exact) mass is 284 g/mol. The fraction of sp³-hybridized carbons (Fsp3) is 0.462. The van der Waals surface area contributed by atoms with Crippen molar-refractivity contribution in [2.75, 3.05) is 0 Å². The van der Waals surface area contributed by atoms with Crippen molar-refractivity contribution in [3.05, 3.63) is 34.3 Å². The Bertz CT molecular complexity index is 370. The van der Waals surface area contributed by atoms with Gasteiger partial charge in [-0.3, -0.25) is 4.79 Å². The Hall–Kier alpha value is -0.670. The van der Waals surface area contributed by atoms with Crippen LogP contribution in [-0.4, -0.2) is 16.5 Å². The normalized spacial score (nSPS) is 11.5. The van der Waals surface area contributed by atoms with E-state index < -0.39 is 5.60 Å². The number of carbonyl (C=O) groups excluding carboxylic acids is 1. The van der Waals surface area contributed by atoms with Crippen molar-refractivity contribution in [2.45, 2.75) is 38.7 Å². The van der Waals surface area contributed by atoms with Gasteiger partial charge in [0.2, 0.25) is 0 Å². The Kier molecular flexibility index (Phi) is 4.69. The molecule has 0 aliphatic rings. The second-order valence-corrected chi connectivity index (χ2v) is 4.88. The van der Waals surface area contributed by atoms with Crippen molar-refractivity contribution in [2.24, 2.45) is 0 Å². The molecule has 1 aromatic carbocycles. The summed E-state index contributed by atoms with van der Waals surface area (Å²) in [4.78, 5) is 11.9. The number of hydrogen-bond acceptors (Lipinski definition) is 2. The van der Waals surface area contributed by atoms with Crippen LogP contribution in [0.1, 0.15) is 32.3 Å². The van der Waals surface area contributed by atoms with E-state index in [9.17, 15) is 9.90 Å². The molecule has 0 atom stereocenters. The molecule has 3 heteroatoms. The van der Waals surface area contributed by atoms with Crippen molar-refractivity contribution in [1.29, 1.82) is 0 Å². The van der Waals surface area contributed by atoms with Gasteiger partial charge < -0.3 is 5.11 Å². The van der Waals surface area contributed by atoms with Crippen LogP contribution in [0, 0.1) is 0 Å². The molecule has 0 unspecified atom stereocenters. The lowest BCUT2D eigenvalue weighted by Crippen LogP contribution is -2.38.